The van der Waals surface area contributed by atoms with Crippen LogP contribution in [0.4, 0.5) is 11.4 Å². The highest BCUT2D eigenvalue weighted by atomic mass is 16.7. The Labute approximate surface area is 126 Å². The minimum absolute atomic E-state index is 0.311. The van der Waals surface area contributed by atoms with Crippen LogP contribution >= 0.6 is 0 Å². The van der Waals surface area contributed by atoms with Crippen LogP contribution in [0.25, 0.3) is 10.8 Å². The summed E-state index contributed by atoms with van der Waals surface area (Å²) in [7, 11) is 0. The number of nitrogens with one attached hydrogen (secondary N) is 1. The summed E-state index contributed by atoms with van der Waals surface area (Å²) < 4.78 is 0. The maximum absolute atomic E-state index is 12.0. The number of carbonyl (C=O) groups excluding carboxylic acids is 1. The molecule has 0 spiro atoms. The molecule has 0 saturated heterocycles. The summed E-state index contributed by atoms with van der Waals surface area (Å²) in [6.45, 7) is 0. The first-order valence-electron chi connectivity index (χ1n) is 6.66. The Morgan fingerprint density at radius 2 is 1.64 bits per heavy atom. The zero-order valence-electron chi connectivity index (χ0n) is 11.5. The van der Waals surface area contributed by atoms with Crippen LogP contribution in [-0.2, 0) is 4.84 Å². The molecule has 0 bridgehead atoms. The minimum atomic E-state index is -0.483. The molecule has 5 heteroatoms. The molecule has 0 atom stereocenters. The smallest absolute Gasteiger partial charge is 0.338 e. The maximum atomic E-state index is 12.0. The Kier molecular flexibility index (Phi) is 3.78. The Bertz CT molecular complexity index is 829. The average molecular weight is 292 g/mol. The second kappa shape index (κ2) is 6.05. The van der Waals surface area contributed by atoms with Gasteiger partial charge in [-0.15, -0.1) is 4.91 Å². The topological polar surface area (TPSA) is 67.8 Å². The average Bonchev–Trinajstić information content (AvgIpc) is 2.59. The summed E-state index contributed by atoms with van der Waals surface area (Å²) in [5.74, 6) is -0.483. The van der Waals surface area contributed by atoms with Crippen LogP contribution in [0.5, 0.6) is 0 Å². The van der Waals surface area contributed by atoms with E-state index >= 15 is 0 Å². The van der Waals surface area contributed by atoms with Gasteiger partial charge in [-0.1, -0.05) is 30.3 Å². The molecule has 0 saturated carbocycles. The first-order valence-corrected chi connectivity index (χ1v) is 6.66. The lowest BCUT2D eigenvalue weighted by Crippen LogP contribution is -2.10. The van der Waals surface area contributed by atoms with Crippen LogP contribution in [0.2, 0.25) is 0 Å². The zero-order chi connectivity index (χ0) is 15.4. The number of benzene rings is 3. The van der Waals surface area contributed by atoms with Crippen LogP contribution in [0.15, 0.2) is 71.9 Å². The predicted octanol–water partition coefficient (Wildman–Crippen LogP) is 4.42. The van der Waals surface area contributed by atoms with E-state index in [1.54, 1.807) is 24.3 Å². The summed E-state index contributed by atoms with van der Waals surface area (Å²) in [6.07, 6.45) is 0. The number of hydrogen-bond acceptors (Lipinski definition) is 5. The van der Waals surface area contributed by atoms with E-state index in [9.17, 15) is 9.70 Å². The Hall–Kier alpha value is -3.21. The molecule has 3 aromatic carbocycles. The molecule has 0 aliphatic carbocycles. The fourth-order valence-corrected chi connectivity index (χ4v) is 2.07. The van der Waals surface area contributed by atoms with Crippen molar-refractivity contribution < 1.29 is 9.63 Å². The molecule has 0 fully saturated rings. The molecule has 3 aromatic rings. The van der Waals surface area contributed by atoms with Gasteiger partial charge in [-0.3, -0.25) is 0 Å². The predicted molar refractivity (Wildman–Crippen MR) is 84.9 cm³/mol. The van der Waals surface area contributed by atoms with Gasteiger partial charge in [0, 0.05) is 0 Å². The number of fused-ring (bicyclic) bond motifs is 1. The minimum Gasteiger partial charge on any atom is -0.338 e. The molecular weight excluding hydrogens is 280 g/mol. The molecule has 3 rings (SSSR count). The summed E-state index contributed by atoms with van der Waals surface area (Å²) >= 11 is 0. The first-order chi connectivity index (χ1) is 10.8. The number of carbonyl (C=O) groups is 1. The van der Waals surface area contributed by atoms with Crippen molar-refractivity contribution in [2.45, 2.75) is 0 Å². The lowest BCUT2D eigenvalue weighted by molar-refractivity contribution is 0.0596. The van der Waals surface area contributed by atoms with Crippen molar-refractivity contribution in [1.29, 1.82) is 0 Å². The number of rotatable bonds is 4. The lowest BCUT2D eigenvalue weighted by Gasteiger charge is -2.07. The molecule has 0 radical (unpaired) electrons. The van der Waals surface area contributed by atoms with E-state index in [-0.39, 0.29) is 0 Å². The number of hydrogen-bond donors (Lipinski definition) is 1. The third-order valence-corrected chi connectivity index (χ3v) is 3.22. The molecule has 0 aliphatic rings. The van der Waals surface area contributed by atoms with Gasteiger partial charge in [0.15, 0.2) is 0 Å². The van der Waals surface area contributed by atoms with Crippen LogP contribution in [-0.4, -0.2) is 5.97 Å². The summed E-state index contributed by atoms with van der Waals surface area (Å²) in [5.41, 5.74) is 3.87. The van der Waals surface area contributed by atoms with Gasteiger partial charge < -0.3 is 4.84 Å². The van der Waals surface area contributed by atoms with E-state index in [1.165, 1.54) is 12.1 Å². The highest BCUT2D eigenvalue weighted by Crippen LogP contribution is 2.18. The van der Waals surface area contributed by atoms with Crippen LogP contribution in [0.3, 0.4) is 0 Å². The van der Waals surface area contributed by atoms with Crippen molar-refractivity contribution in [2.24, 2.45) is 5.18 Å². The van der Waals surface area contributed by atoms with E-state index < -0.39 is 5.97 Å². The summed E-state index contributed by atoms with van der Waals surface area (Å²) in [6, 6.07) is 19.4. The molecule has 5 nitrogen and oxygen atoms in total. The quantitative estimate of drug-likeness (QED) is 0.571. The van der Waals surface area contributed by atoms with Crippen LogP contribution in [0.1, 0.15) is 10.4 Å². The Morgan fingerprint density at radius 1 is 0.909 bits per heavy atom. The van der Waals surface area contributed by atoms with Crippen molar-refractivity contribution in [1.82, 2.24) is 0 Å². The third kappa shape index (κ3) is 2.93. The Morgan fingerprint density at radius 3 is 2.36 bits per heavy atom. The first kappa shape index (κ1) is 13.8. The summed E-state index contributed by atoms with van der Waals surface area (Å²) in [5, 5.41) is 4.83. The van der Waals surface area contributed by atoms with Gasteiger partial charge in [-0.25, -0.2) is 10.3 Å². The van der Waals surface area contributed by atoms with Crippen molar-refractivity contribution >= 4 is 28.1 Å². The molecule has 0 aromatic heterocycles. The van der Waals surface area contributed by atoms with Gasteiger partial charge in [-0.05, 0) is 52.3 Å². The fourth-order valence-electron chi connectivity index (χ4n) is 2.07. The van der Waals surface area contributed by atoms with E-state index in [0.29, 0.717) is 16.9 Å². The Balaban J connectivity index is 1.71. The van der Waals surface area contributed by atoms with E-state index in [2.05, 4.69) is 10.7 Å². The maximum Gasteiger partial charge on any atom is 0.362 e. The summed E-state index contributed by atoms with van der Waals surface area (Å²) in [4.78, 5) is 27.4. The molecule has 0 unspecified atom stereocenters. The van der Waals surface area contributed by atoms with Crippen LogP contribution < -0.4 is 5.48 Å². The molecule has 0 amide bonds. The van der Waals surface area contributed by atoms with E-state index in [1.807, 2.05) is 30.3 Å². The van der Waals surface area contributed by atoms with E-state index in [4.69, 9.17) is 4.84 Å². The van der Waals surface area contributed by atoms with Gasteiger partial charge in [0.05, 0.1) is 11.3 Å². The van der Waals surface area contributed by atoms with Gasteiger partial charge in [-0.2, -0.15) is 0 Å². The normalized spacial score (nSPS) is 10.2. The number of anilines is 1. The third-order valence-electron chi connectivity index (χ3n) is 3.22. The van der Waals surface area contributed by atoms with Gasteiger partial charge in [0.2, 0.25) is 0 Å². The van der Waals surface area contributed by atoms with Crippen molar-refractivity contribution in [3.8, 4) is 0 Å². The molecule has 0 aliphatic heterocycles. The molecule has 1 N–H and O–H groups in total. The fraction of sp³-hybridized carbons (Fsp3) is 0. The van der Waals surface area contributed by atoms with E-state index in [0.717, 1.165) is 10.8 Å². The van der Waals surface area contributed by atoms with Gasteiger partial charge in [0.1, 0.15) is 5.69 Å². The highest BCUT2D eigenvalue weighted by molar-refractivity contribution is 5.95. The van der Waals surface area contributed by atoms with Gasteiger partial charge in [0.25, 0.3) is 0 Å². The zero-order valence-corrected chi connectivity index (χ0v) is 11.5. The van der Waals surface area contributed by atoms with Crippen molar-refractivity contribution in [3.63, 3.8) is 0 Å². The molecule has 22 heavy (non-hydrogen) atoms. The lowest BCUT2D eigenvalue weighted by atomic mass is 10.1. The highest BCUT2D eigenvalue weighted by Gasteiger charge is 2.08. The number of nitrogens with zero attached hydrogens (tertiary/aromatic N) is 1. The van der Waals surface area contributed by atoms with Crippen LogP contribution in [0, 0.1) is 4.91 Å². The molecule has 0 heterocycles. The van der Waals surface area contributed by atoms with Crippen molar-refractivity contribution in [3.05, 3.63) is 77.2 Å². The standard InChI is InChI=1S/C17H12N2O3/c20-17(22-19-16-9-7-15(18-21)8-10-16)14-6-5-12-3-1-2-4-13(12)11-14/h1-11,19H. The molecule has 108 valence electrons. The van der Waals surface area contributed by atoms with Gasteiger partial charge >= 0.3 is 5.97 Å². The molecular formula is C17H12N2O3. The number of nitroso groups, excluding NO2 is 1. The largest absolute Gasteiger partial charge is 0.362 e. The second-order valence-electron chi connectivity index (χ2n) is 4.69. The second-order valence-corrected chi connectivity index (χ2v) is 4.69. The van der Waals surface area contributed by atoms with Crippen molar-refractivity contribution in [2.75, 3.05) is 5.48 Å². The monoisotopic (exact) mass is 292 g/mol. The SMILES string of the molecule is O=Nc1ccc(NOC(=O)c2ccc3ccccc3c2)cc1.